The molecule has 1 aliphatic heterocycles. The van der Waals surface area contributed by atoms with Crippen LogP contribution in [0, 0.1) is 5.92 Å². The Bertz CT molecular complexity index is 608. The summed E-state index contributed by atoms with van der Waals surface area (Å²) in [5.41, 5.74) is 4.98. The monoisotopic (exact) mass is 362 g/mol. The van der Waals surface area contributed by atoms with E-state index in [0.29, 0.717) is 26.2 Å². The highest BCUT2D eigenvalue weighted by Crippen LogP contribution is 2.15. The Hall–Kier alpha value is -2.77. The number of primary amides is 1. The molecule has 2 rings (SSSR count). The zero-order valence-corrected chi connectivity index (χ0v) is 14.8. The van der Waals surface area contributed by atoms with Gasteiger partial charge in [-0.2, -0.15) is 0 Å². The van der Waals surface area contributed by atoms with Crippen LogP contribution in [0.5, 0.6) is 5.75 Å². The van der Waals surface area contributed by atoms with Crippen molar-refractivity contribution >= 4 is 17.8 Å². The van der Waals surface area contributed by atoms with Crippen molar-refractivity contribution in [3.8, 4) is 5.75 Å². The normalized spacial score (nSPS) is 16.6. The van der Waals surface area contributed by atoms with E-state index in [-0.39, 0.29) is 30.7 Å². The van der Waals surface area contributed by atoms with Crippen LogP contribution in [0.1, 0.15) is 19.3 Å². The van der Waals surface area contributed by atoms with Crippen LogP contribution < -0.4 is 21.1 Å². The predicted octanol–water partition coefficient (Wildman–Crippen LogP) is 0.479. The first kappa shape index (κ1) is 19.6. The number of piperidine rings is 1. The molecule has 8 heteroatoms. The summed E-state index contributed by atoms with van der Waals surface area (Å²) in [6, 6.07) is 8.64. The molecule has 4 N–H and O–H groups in total. The number of nitrogens with two attached hydrogens (primary N) is 1. The van der Waals surface area contributed by atoms with E-state index >= 15 is 0 Å². The van der Waals surface area contributed by atoms with E-state index in [1.165, 1.54) is 0 Å². The standard InChI is InChI=1S/C18H26N4O4/c19-18(25)21-12-17(24)22-9-4-5-14(13-22)11-20-16(23)8-10-26-15-6-2-1-3-7-15/h1-3,6-7,14H,4-5,8-13H2,(H,20,23)(H3,19,21,25). The molecule has 1 aromatic carbocycles. The van der Waals surface area contributed by atoms with Crippen molar-refractivity contribution in [1.82, 2.24) is 15.5 Å². The number of carbonyl (C=O) groups is 3. The van der Waals surface area contributed by atoms with Crippen molar-refractivity contribution in [2.24, 2.45) is 11.7 Å². The van der Waals surface area contributed by atoms with Crippen molar-refractivity contribution < 1.29 is 19.1 Å². The molecule has 0 radical (unpaired) electrons. The molecular formula is C18H26N4O4. The van der Waals surface area contributed by atoms with E-state index < -0.39 is 6.03 Å². The number of likely N-dealkylation sites (tertiary alicyclic amines) is 1. The van der Waals surface area contributed by atoms with Gasteiger partial charge in [-0.3, -0.25) is 9.59 Å². The maximum absolute atomic E-state index is 12.0. The largest absolute Gasteiger partial charge is 0.493 e. The van der Waals surface area contributed by atoms with Crippen molar-refractivity contribution in [3.63, 3.8) is 0 Å². The molecule has 4 amide bonds. The first-order chi connectivity index (χ1) is 12.5. The number of amides is 4. The zero-order chi connectivity index (χ0) is 18.8. The fourth-order valence-corrected chi connectivity index (χ4v) is 2.86. The van der Waals surface area contributed by atoms with Gasteiger partial charge in [-0.15, -0.1) is 0 Å². The summed E-state index contributed by atoms with van der Waals surface area (Å²) >= 11 is 0. The average Bonchev–Trinajstić information content (AvgIpc) is 2.65. The second-order valence-corrected chi connectivity index (χ2v) is 6.28. The Morgan fingerprint density at radius 3 is 2.69 bits per heavy atom. The summed E-state index contributed by atoms with van der Waals surface area (Å²) in [5.74, 6) is 0.724. The highest BCUT2D eigenvalue weighted by Gasteiger charge is 2.23. The third-order valence-electron chi connectivity index (χ3n) is 4.21. The van der Waals surface area contributed by atoms with Crippen LogP contribution in [0.25, 0.3) is 0 Å². The van der Waals surface area contributed by atoms with E-state index in [0.717, 1.165) is 18.6 Å². The lowest BCUT2D eigenvalue weighted by molar-refractivity contribution is -0.131. The topological polar surface area (TPSA) is 114 Å². The van der Waals surface area contributed by atoms with Crippen molar-refractivity contribution in [2.45, 2.75) is 19.3 Å². The lowest BCUT2D eigenvalue weighted by Gasteiger charge is -2.33. The second kappa shape index (κ2) is 10.3. The van der Waals surface area contributed by atoms with Gasteiger partial charge in [-0.05, 0) is 30.9 Å². The number of carbonyl (C=O) groups excluding carboxylic acids is 3. The Labute approximate surface area is 153 Å². The number of nitrogens with one attached hydrogen (secondary N) is 2. The molecule has 8 nitrogen and oxygen atoms in total. The van der Waals surface area contributed by atoms with Gasteiger partial charge in [0, 0.05) is 19.6 Å². The fraction of sp³-hybridized carbons (Fsp3) is 0.500. The van der Waals surface area contributed by atoms with Crippen LogP contribution in [0.4, 0.5) is 4.79 Å². The lowest BCUT2D eigenvalue weighted by atomic mass is 9.98. The van der Waals surface area contributed by atoms with Crippen LogP contribution in [-0.2, 0) is 9.59 Å². The zero-order valence-electron chi connectivity index (χ0n) is 14.8. The molecule has 0 spiro atoms. The first-order valence-electron chi connectivity index (χ1n) is 8.80. The molecule has 1 heterocycles. The molecule has 0 saturated carbocycles. The predicted molar refractivity (Wildman–Crippen MR) is 96.5 cm³/mol. The molecule has 1 unspecified atom stereocenters. The number of benzene rings is 1. The van der Waals surface area contributed by atoms with Gasteiger partial charge < -0.3 is 26.0 Å². The summed E-state index contributed by atoms with van der Waals surface area (Å²) in [6.07, 6.45) is 2.11. The minimum Gasteiger partial charge on any atom is -0.493 e. The average molecular weight is 362 g/mol. The molecule has 0 aromatic heterocycles. The van der Waals surface area contributed by atoms with Gasteiger partial charge in [-0.1, -0.05) is 18.2 Å². The number of ether oxygens (including phenoxy) is 1. The van der Waals surface area contributed by atoms with Crippen LogP contribution in [-0.4, -0.2) is 55.5 Å². The van der Waals surface area contributed by atoms with Gasteiger partial charge in [-0.25, -0.2) is 4.79 Å². The van der Waals surface area contributed by atoms with Crippen LogP contribution in [0.2, 0.25) is 0 Å². The SMILES string of the molecule is NC(=O)NCC(=O)N1CCCC(CNC(=O)CCOc2ccccc2)C1. The maximum atomic E-state index is 12.0. The molecule has 1 aliphatic rings. The molecule has 26 heavy (non-hydrogen) atoms. The van der Waals surface area contributed by atoms with E-state index in [1.807, 2.05) is 30.3 Å². The summed E-state index contributed by atoms with van der Waals surface area (Å²) in [5, 5.41) is 5.21. The number of rotatable bonds is 8. The van der Waals surface area contributed by atoms with E-state index in [9.17, 15) is 14.4 Å². The Morgan fingerprint density at radius 1 is 1.19 bits per heavy atom. The Kier molecular flexibility index (Phi) is 7.73. The maximum Gasteiger partial charge on any atom is 0.312 e. The van der Waals surface area contributed by atoms with E-state index in [4.69, 9.17) is 10.5 Å². The molecule has 1 aromatic rings. The smallest absolute Gasteiger partial charge is 0.312 e. The van der Waals surface area contributed by atoms with Gasteiger partial charge in [0.25, 0.3) is 0 Å². The number of para-hydroxylation sites is 1. The molecule has 1 saturated heterocycles. The molecular weight excluding hydrogens is 336 g/mol. The fourth-order valence-electron chi connectivity index (χ4n) is 2.86. The third kappa shape index (κ3) is 7.00. The van der Waals surface area contributed by atoms with Gasteiger partial charge in [0.05, 0.1) is 19.6 Å². The highest BCUT2D eigenvalue weighted by molar-refractivity contribution is 5.83. The molecule has 1 atom stereocenters. The van der Waals surface area contributed by atoms with E-state index in [1.54, 1.807) is 4.90 Å². The molecule has 0 aliphatic carbocycles. The molecule has 1 fully saturated rings. The van der Waals surface area contributed by atoms with Gasteiger partial charge in [0.1, 0.15) is 5.75 Å². The highest BCUT2D eigenvalue weighted by atomic mass is 16.5. The number of urea groups is 1. The Morgan fingerprint density at radius 2 is 1.96 bits per heavy atom. The van der Waals surface area contributed by atoms with Gasteiger partial charge in [0.2, 0.25) is 11.8 Å². The quantitative estimate of drug-likeness (QED) is 0.624. The van der Waals surface area contributed by atoms with Crippen LogP contribution >= 0.6 is 0 Å². The number of hydrogen-bond donors (Lipinski definition) is 3. The minimum absolute atomic E-state index is 0.0697. The number of nitrogens with zero attached hydrogens (tertiary/aromatic N) is 1. The van der Waals surface area contributed by atoms with Crippen molar-refractivity contribution in [3.05, 3.63) is 30.3 Å². The third-order valence-corrected chi connectivity index (χ3v) is 4.21. The number of hydrogen-bond acceptors (Lipinski definition) is 4. The van der Waals surface area contributed by atoms with Crippen LogP contribution in [0.3, 0.4) is 0 Å². The Balaban J connectivity index is 1.64. The summed E-state index contributed by atoms with van der Waals surface area (Å²) in [7, 11) is 0. The minimum atomic E-state index is -0.711. The van der Waals surface area contributed by atoms with Gasteiger partial charge >= 0.3 is 6.03 Å². The van der Waals surface area contributed by atoms with Crippen molar-refractivity contribution in [2.75, 3.05) is 32.8 Å². The van der Waals surface area contributed by atoms with Crippen LogP contribution in [0.15, 0.2) is 30.3 Å². The first-order valence-corrected chi connectivity index (χ1v) is 8.80. The van der Waals surface area contributed by atoms with E-state index in [2.05, 4.69) is 10.6 Å². The summed E-state index contributed by atoms with van der Waals surface area (Å²) in [6.45, 7) is 1.99. The molecule has 0 bridgehead atoms. The second-order valence-electron chi connectivity index (χ2n) is 6.28. The van der Waals surface area contributed by atoms with Gasteiger partial charge in [0.15, 0.2) is 0 Å². The lowest BCUT2D eigenvalue weighted by Crippen LogP contribution is -2.47. The molecule has 142 valence electrons. The summed E-state index contributed by atoms with van der Waals surface area (Å²) < 4.78 is 5.50. The summed E-state index contributed by atoms with van der Waals surface area (Å²) in [4.78, 5) is 36.3. The van der Waals surface area contributed by atoms with Crippen molar-refractivity contribution in [1.29, 1.82) is 0 Å².